The summed E-state index contributed by atoms with van der Waals surface area (Å²) < 4.78 is 11.2. The first-order valence-electron chi connectivity index (χ1n) is 8.98. The van der Waals surface area contributed by atoms with Crippen LogP contribution >= 0.6 is 0 Å². The molecular formula is C19H29N3O2. The number of nitrogens with two attached hydrogens (primary N) is 1. The Morgan fingerprint density at radius 3 is 2.54 bits per heavy atom. The molecule has 5 nitrogen and oxygen atoms in total. The van der Waals surface area contributed by atoms with Gasteiger partial charge in [-0.1, -0.05) is 12.1 Å². The third kappa shape index (κ3) is 3.83. The van der Waals surface area contributed by atoms with Gasteiger partial charge in [-0.05, 0) is 50.3 Å². The van der Waals surface area contributed by atoms with Gasteiger partial charge in [-0.25, -0.2) is 0 Å². The molecule has 0 atom stereocenters. The highest BCUT2D eigenvalue weighted by atomic mass is 16.5. The summed E-state index contributed by atoms with van der Waals surface area (Å²) in [6.45, 7) is 4.96. The van der Waals surface area contributed by atoms with Crippen LogP contribution in [0.4, 0.5) is 0 Å². The van der Waals surface area contributed by atoms with E-state index in [2.05, 4.69) is 29.2 Å². The molecule has 3 rings (SSSR count). The van der Waals surface area contributed by atoms with Crippen LogP contribution in [0.5, 0.6) is 5.75 Å². The van der Waals surface area contributed by atoms with E-state index in [1.165, 1.54) is 18.4 Å². The average molecular weight is 331 g/mol. The lowest BCUT2D eigenvalue weighted by Gasteiger charge is -2.37. The minimum absolute atomic E-state index is 0.0119. The van der Waals surface area contributed by atoms with Crippen LogP contribution < -0.4 is 10.5 Å². The number of hydrogen-bond acceptors (Lipinski definition) is 3. The van der Waals surface area contributed by atoms with Crippen LogP contribution in [0.1, 0.15) is 38.2 Å². The van der Waals surface area contributed by atoms with Crippen LogP contribution in [-0.2, 0) is 10.2 Å². The second-order valence-corrected chi connectivity index (χ2v) is 6.87. The Morgan fingerprint density at radius 1 is 1.29 bits per heavy atom. The number of aliphatic imine (C=N–C) groups is 1. The molecule has 0 amide bonds. The van der Waals surface area contributed by atoms with Crippen LogP contribution in [0.25, 0.3) is 0 Å². The van der Waals surface area contributed by atoms with Crippen molar-refractivity contribution in [1.82, 2.24) is 4.90 Å². The van der Waals surface area contributed by atoms with Crippen molar-refractivity contribution in [2.24, 2.45) is 10.7 Å². The molecule has 2 fully saturated rings. The summed E-state index contributed by atoms with van der Waals surface area (Å²) in [4.78, 5) is 6.87. The first kappa shape index (κ1) is 17.1. The fourth-order valence-corrected chi connectivity index (χ4v) is 3.36. The van der Waals surface area contributed by atoms with E-state index in [4.69, 9.17) is 20.2 Å². The number of guanidine groups is 1. The van der Waals surface area contributed by atoms with Gasteiger partial charge in [0.1, 0.15) is 5.75 Å². The van der Waals surface area contributed by atoms with Gasteiger partial charge in [0.2, 0.25) is 0 Å². The zero-order chi connectivity index (χ0) is 17.0. The molecule has 24 heavy (non-hydrogen) atoms. The fraction of sp³-hybridized carbons (Fsp3) is 0.632. The Morgan fingerprint density at radius 2 is 1.96 bits per heavy atom. The quantitative estimate of drug-likeness (QED) is 0.643. The Labute approximate surface area is 144 Å². The van der Waals surface area contributed by atoms with E-state index in [1.54, 1.807) is 0 Å². The highest BCUT2D eigenvalue weighted by Crippen LogP contribution is 2.36. The summed E-state index contributed by atoms with van der Waals surface area (Å²) in [5, 5.41) is 0. The van der Waals surface area contributed by atoms with Crippen molar-refractivity contribution in [2.75, 3.05) is 33.4 Å². The average Bonchev–Trinajstić information content (AvgIpc) is 3.46. The number of benzene rings is 1. The molecule has 1 aromatic carbocycles. The van der Waals surface area contributed by atoms with Gasteiger partial charge in [-0.3, -0.25) is 4.99 Å². The fourth-order valence-electron chi connectivity index (χ4n) is 3.36. The summed E-state index contributed by atoms with van der Waals surface area (Å²) in [7, 11) is 2.05. The summed E-state index contributed by atoms with van der Waals surface area (Å²) in [6, 6.07) is 9.04. The van der Waals surface area contributed by atoms with Crippen LogP contribution in [0.15, 0.2) is 29.3 Å². The lowest BCUT2D eigenvalue weighted by molar-refractivity contribution is 0.0530. The van der Waals surface area contributed by atoms with Crippen LogP contribution in [0.3, 0.4) is 0 Å². The molecule has 5 heteroatoms. The van der Waals surface area contributed by atoms with Crippen LogP contribution in [0, 0.1) is 0 Å². The van der Waals surface area contributed by atoms with E-state index in [1.807, 2.05) is 14.0 Å². The molecule has 0 bridgehead atoms. The summed E-state index contributed by atoms with van der Waals surface area (Å²) in [6.07, 6.45) is 4.41. The third-order valence-corrected chi connectivity index (χ3v) is 5.23. The highest BCUT2D eigenvalue weighted by molar-refractivity contribution is 5.78. The summed E-state index contributed by atoms with van der Waals surface area (Å²) in [5.74, 6) is 1.58. The molecule has 1 saturated heterocycles. The molecule has 2 N–H and O–H groups in total. The maximum atomic E-state index is 6.20. The normalized spacial score (nSPS) is 20.7. The monoisotopic (exact) mass is 331 g/mol. The van der Waals surface area contributed by atoms with E-state index in [0.717, 1.165) is 31.8 Å². The maximum Gasteiger partial charge on any atom is 0.191 e. The van der Waals surface area contributed by atoms with Crippen molar-refractivity contribution >= 4 is 5.96 Å². The van der Waals surface area contributed by atoms with Gasteiger partial charge in [-0.2, -0.15) is 0 Å². The van der Waals surface area contributed by atoms with Crippen molar-refractivity contribution < 1.29 is 9.47 Å². The minimum Gasteiger partial charge on any atom is -0.494 e. The SMILES string of the molecule is CCOc1ccc(C2(CN=C(N)N(C)C3CC3)CCOCC2)cc1. The lowest BCUT2D eigenvalue weighted by atomic mass is 9.74. The molecule has 1 aliphatic heterocycles. The van der Waals surface area contributed by atoms with Gasteiger partial charge in [-0.15, -0.1) is 0 Å². The van der Waals surface area contributed by atoms with Crippen molar-refractivity contribution in [3.63, 3.8) is 0 Å². The first-order valence-corrected chi connectivity index (χ1v) is 8.98. The summed E-state index contributed by atoms with van der Waals surface area (Å²) >= 11 is 0. The number of nitrogens with zero attached hydrogens (tertiary/aromatic N) is 2. The van der Waals surface area contributed by atoms with Gasteiger partial charge in [0.15, 0.2) is 5.96 Å². The molecule has 1 heterocycles. The van der Waals surface area contributed by atoms with Crippen molar-refractivity contribution in [2.45, 2.75) is 44.1 Å². The van der Waals surface area contributed by atoms with E-state index in [9.17, 15) is 0 Å². The Balaban J connectivity index is 1.77. The molecular weight excluding hydrogens is 302 g/mol. The number of ether oxygens (including phenoxy) is 2. The van der Waals surface area contributed by atoms with Crippen molar-refractivity contribution in [3.05, 3.63) is 29.8 Å². The van der Waals surface area contributed by atoms with Gasteiger partial charge in [0, 0.05) is 31.7 Å². The topological polar surface area (TPSA) is 60.1 Å². The Bertz CT molecular complexity index is 560. The second kappa shape index (κ2) is 7.43. The Kier molecular flexibility index (Phi) is 5.29. The predicted molar refractivity (Wildman–Crippen MR) is 96.6 cm³/mol. The van der Waals surface area contributed by atoms with E-state index < -0.39 is 0 Å². The van der Waals surface area contributed by atoms with Gasteiger partial charge in [0.25, 0.3) is 0 Å². The molecule has 0 aromatic heterocycles. The van der Waals surface area contributed by atoms with Crippen molar-refractivity contribution in [3.8, 4) is 5.75 Å². The second-order valence-electron chi connectivity index (χ2n) is 6.87. The van der Waals surface area contributed by atoms with E-state index >= 15 is 0 Å². The largest absolute Gasteiger partial charge is 0.494 e. The molecule has 0 spiro atoms. The molecule has 132 valence electrons. The van der Waals surface area contributed by atoms with Gasteiger partial charge >= 0.3 is 0 Å². The minimum atomic E-state index is 0.0119. The standard InChI is InChI=1S/C19H29N3O2/c1-3-24-17-8-4-15(5-9-17)19(10-12-23-13-11-19)14-21-18(20)22(2)16-6-7-16/h4-5,8-9,16H,3,6-7,10-14H2,1-2H3,(H2,20,21). The van der Waals surface area contributed by atoms with Crippen LogP contribution in [-0.4, -0.2) is 50.3 Å². The van der Waals surface area contributed by atoms with E-state index in [0.29, 0.717) is 25.2 Å². The highest BCUT2D eigenvalue weighted by Gasteiger charge is 2.35. The number of hydrogen-bond donors (Lipinski definition) is 1. The third-order valence-electron chi connectivity index (χ3n) is 5.23. The summed E-state index contributed by atoms with van der Waals surface area (Å²) in [5.41, 5.74) is 7.52. The zero-order valence-corrected chi connectivity index (χ0v) is 14.8. The lowest BCUT2D eigenvalue weighted by Crippen LogP contribution is -2.40. The first-order chi connectivity index (χ1) is 11.6. The molecule has 0 unspecified atom stereocenters. The van der Waals surface area contributed by atoms with E-state index in [-0.39, 0.29) is 5.41 Å². The molecule has 0 radical (unpaired) electrons. The molecule has 1 saturated carbocycles. The van der Waals surface area contributed by atoms with Crippen LogP contribution in [0.2, 0.25) is 0 Å². The zero-order valence-electron chi connectivity index (χ0n) is 14.8. The smallest absolute Gasteiger partial charge is 0.191 e. The Hall–Kier alpha value is -1.75. The molecule has 1 aliphatic carbocycles. The molecule has 1 aromatic rings. The van der Waals surface area contributed by atoms with Crippen molar-refractivity contribution in [1.29, 1.82) is 0 Å². The van der Waals surface area contributed by atoms with Gasteiger partial charge < -0.3 is 20.1 Å². The van der Waals surface area contributed by atoms with Gasteiger partial charge in [0.05, 0.1) is 13.2 Å². The predicted octanol–water partition coefficient (Wildman–Crippen LogP) is 2.54. The number of rotatable bonds is 6. The molecule has 2 aliphatic rings. The maximum absolute atomic E-state index is 6.20.